The van der Waals surface area contributed by atoms with Gasteiger partial charge in [-0.1, -0.05) is 6.92 Å². The number of carbonyl (C=O) groups is 1. The van der Waals surface area contributed by atoms with E-state index in [1.54, 1.807) is 0 Å². The van der Waals surface area contributed by atoms with Gasteiger partial charge in [0.1, 0.15) is 11.6 Å². The predicted molar refractivity (Wildman–Crippen MR) is 66.4 cm³/mol. The van der Waals surface area contributed by atoms with Crippen molar-refractivity contribution in [1.29, 1.82) is 0 Å². The lowest BCUT2D eigenvalue weighted by atomic mass is 10.0. The first-order chi connectivity index (χ1) is 8.53. The van der Waals surface area contributed by atoms with Crippen LogP contribution >= 0.6 is 0 Å². The molecule has 2 N–H and O–H groups in total. The topological polar surface area (TPSA) is 79.4 Å². The highest BCUT2D eigenvalue weighted by Crippen LogP contribution is 2.32. The van der Waals surface area contributed by atoms with Crippen molar-refractivity contribution in [2.75, 3.05) is 26.1 Å². The van der Waals surface area contributed by atoms with E-state index < -0.39 is 5.97 Å². The summed E-state index contributed by atoms with van der Waals surface area (Å²) in [5.74, 6) is 0.663. The summed E-state index contributed by atoms with van der Waals surface area (Å²) in [5, 5.41) is 0. The number of nitrogens with zero attached hydrogens (tertiary/aromatic N) is 2. The van der Waals surface area contributed by atoms with Crippen molar-refractivity contribution in [3.8, 4) is 0 Å². The van der Waals surface area contributed by atoms with E-state index in [0.29, 0.717) is 25.5 Å². The van der Waals surface area contributed by atoms with E-state index in [0.717, 1.165) is 12.2 Å². The van der Waals surface area contributed by atoms with Gasteiger partial charge in [0.2, 0.25) is 0 Å². The number of anilines is 1. The molecule has 1 aliphatic rings. The molecule has 1 fully saturated rings. The molecule has 1 aliphatic heterocycles. The van der Waals surface area contributed by atoms with E-state index in [1.165, 1.54) is 7.11 Å². The van der Waals surface area contributed by atoms with E-state index in [9.17, 15) is 4.79 Å². The van der Waals surface area contributed by atoms with Gasteiger partial charge >= 0.3 is 5.97 Å². The number of imidazole rings is 1. The average Bonchev–Trinajstić information content (AvgIpc) is 2.93. The molecular formula is C12H19N3O3. The highest BCUT2D eigenvalue weighted by Gasteiger charge is 2.36. The summed E-state index contributed by atoms with van der Waals surface area (Å²) in [5.41, 5.74) is 6.03. The third-order valence-electron chi connectivity index (χ3n) is 3.42. The third-order valence-corrected chi connectivity index (χ3v) is 3.42. The predicted octanol–water partition coefficient (Wildman–Crippen LogP) is 0.950. The zero-order chi connectivity index (χ0) is 13.3. The van der Waals surface area contributed by atoms with Gasteiger partial charge < -0.3 is 19.8 Å². The van der Waals surface area contributed by atoms with Crippen molar-refractivity contribution < 1.29 is 14.3 Å². The second kappa shape index (κ2) is 4.61. The smallest absolute Gasteiger partial charge is 0.360 e. The summed E-state index contributed by atoms with van der Waals surface area (Å²) in [6.45, 7) is 5.34. The lowest BCUT2D eigenvalue weighted by Crippen LogP contribution is -2.33. The Labute approximate surface area is 106 Å². The largest absolute Gasteiger partial charge is 0.464 e. The number of hydrogen-bond acceptors (Lipinski definition) is 5. The fraction of sp³-hybridized carbons (Fsp3) is 0.667. The Morgan fingerprint density at radius 3 is 2.89 bits per heavy atom. The van der Waals surface area contributed by atoms with E-state index in [4.69, 9.17) is 15.2 Å². The lowest BCUT2D eigenvalue weighted by Gasteiger charge is -2.27. The Morgan fingerprint density at radius 1 is 1.67 bits per heavy atom. The lowest BCUT2D eigenvalue weighted by molar-refractivity contribution is 0.0595. The number of rotatable bonds is 3. The molecule has 0 spiro atoms. The van der Waals surface area contributed by atoms with Gasteiger partial charge in [-0.2, -0.15) is 0 Å². The molecule has 6 nitrogen and oxygen atoms in total. The van der Waals surface area contributed by atoms with E-state index in [2.05, 4.69) is 11.9 Å². The highest BCUT2D eigenvalue weighted by molar-refractivity contribution is 5.92. The molecule has 0 saturated carbocycles. The van der Waals surface area contributed by atoms with Crippen LogP contribution < -0.4 is 5.73 Å². The summed E-state index contributed by atoms with van der Waals surface area (Å²) < 4.78 is 12.1. The fourth-order valence-corrected chi connectivity index (χ4v) is 2.40. The number of carbonyl (C=O) groups excluding carboxylic acids is 1. The van der Waals surface area contributed by atoms with Crippen molar-refractivity contribution >= 4 is 11.8 Å². The SMILES string of the molecule is CCc1nc(C(=O)OC)c(N)n1C1(C)CCOC1. The van der Waals surface area contributed by atoms with Gasteiger partial charge in [-0.05, 0) is 13.3 Å². The van der Waals surface area contributed by atoms with Crippen molar-refractivity contribution in [2.24, 2.45) is 0 Å². The third kappa shape index (κ3) is 1.86. The normalized spacial score (nSPS) is 23.3. The van der Waals surface area contributed by atoms with Crippen molar-refractivity contribution in [2.45, 2.75) is 32.2 Å². The maximum Gasteiger partial charge on any atom is 0.360 e. The van der Waals surface area contributed by atoms with Gasteiger partial charge in [0.05, 0.1) is 19.3 Å². The maximum atomic E-state index is 11.6. The van der Waals surface area contributed by atoms with Gasteiger partial charge in [-0.3, -0.25) is 0 Å². The number of aromatic nitrogens is 2. The maximum absolute atomic E-state index is 11.6. The van der Waals surface area contributed by atoms with Crippen molar-refractivity contribution in [1.82, 2.24) is 9.55 Å². The molecule has 1 aromatic heterocycles. The average molecular weight is 253 g/mol. The van der Waals surface area contributed by atoms with Gasteiger partial charge in [0.25, 0.3) is 0 Å². The Kier molecular flexibility index (Phi) is 3.30. The molecule has 0 bridgehead atoms. The van der Waals surface area contributed by atoms with E-state index in [1.807, 2.05) is 11.5 Å². The first-order valence-electron chi connectivity index (χ1n) is 6.07. The molecule has 18 heavy (non-hydrogen) atoms. The fourth-order valence-electron chi connectivity index (χ4n) is 2.40. The van der Waals surface area contributed by atoms with Gasteiger partial charge in [0.15, 0.2) is 5.69 Å². The molecule has 1 aromatic rings. The molecule has 0 aliphatic carbocycles. The zero-order valence-electron chi connectivity index (χ0n) is 11.0. The molecular weight excluding hydrogens is 234 g/mol. The van der Waals surface area contributed by atoms with Crippen LogP contribution in [0, 0.1) is 0 Å². The number of hydrogen-bond donors (Lipinski definition) is 1. The van der Waals surface area contributed by atoms with E-state index >= 15 is 0 Å². The molecule has 100 valence electrons. The van der Waals surface area contributed by atoms with Gasteiger partial charge in [-0.15, -0.1) is 0 Å². The Hall–Kier alpha value is -1.56. The number of ether oxygens (including phenoxy) is 2. The van der Waals surface area contributed by atoms with Crippen LogP contribution in [0.3, 0.4) is 0 Å². The number of esters is 1. The molecule has 2 heterocycles. The van der Waals surface area contributed by atoms with Crippen LogP contribution in [0.25, 0.3) is 0 Å². The quantitative estimate of drug-likeness (QED) is 0.811. The summed E-state index contributed by atoms with van der Waals surface area (Å²) in [7, 11) is 1.33. The molecule has 6 heteroatoms. The van der Waals surface area contributed by atoms with Crippen LogP contribution in [0.15, 0.2) is 0 Å². The van der Waals surface area contributed by atoms with Gasteiger partial charge in [0, 0.05) is 13.0 Å². The molecule has 0 amide bonds. The van der Waals surface area contributed by atoms with Crippen LogP contribution in [0.2, 0.25) is 0 Å². The van der Waals surface area contributed by atoms with Crippen LogP contribution in [-0.4, -0.2) is 35.8 Å². The minimum atomic E-state index is -0.497. The van der Waals surface area contributed by atoms with Crippen LogP contribution in [-0.2, 0) is 21.4 Å². The molecule has 0 aromatic carbocycles. The number of aryl methyl sites for hydroxylation is 1. The molecule has 1 unspecified atom stereocenters. The van der Waals surface area contributed by atoms with Crippen LogP contribution in [0.4, 0.5) is 5.82 Å². The van der Waals surface area contributed by atoms with Crippen LogP contribution in [0.1, 0.15) is 36.6 Å². The molecule has 1 saturated heterocycles. The summed E-state index contributed by atoms with van der Waals surface area (Å²) in [6.07, 6.45) is 1.57. The van der Waals surface area contributed by atoms with Crippen molar-refractivity contribution in [3.63, 3.8) is 0 Å². The summed E-state index contributed by atoms with van der Waals surface area (Å²) in [6, 6.07) is 0. The molecule has 1 atom stereocenters. The monoisotopic (exact) mass is 253 g/mol. The minimum Gasteiger partial charge on any atom is -0.464 e. The second-order valence-corrected chi connectivity index (χ2v) is 4.74. The van der Waals surface area contributed by atoms with Crippen molar-refractivity contribution in [3.05, 3.63) is 11.5 Å². The zero-order valence-corrected chi connectivity index (χ0v) is 11.0. The first kappa shape index (κ1) is 12.9. The van der Waals surface area contributed by atoms with Gasteiger partial charge in [-0.25, -0.2) is 9.78 Å². The molecule has 2 rings (SSSR count). The molecule has 0 radical (unpaired) electrons. The Morgan fingerprint density at radius 2 is 2.39 bits per heavy atom. The highest BCUT2D eigenvalue weighted by atomic mass is 16.5. The Balaban J connectivity index is 2.52. The summed E-state index contributed by atoms with van der Waals surface area (Å²) >= 11 is 0. The Bertz CT molecular complexity index is 461. The number of methoxy groups -OCH3 is 1. The summed E-state index contributed by atoms with van der Waals surface area (Å²) in [4.78, 5) is 15.9. The number of nitrogens with two attached hydrogens (primary N) is 1. The standard InChI is InChI=1S/C12H19N3O3/c1-4-8-14-9(11(16)17-3)10(13)15(8)12(2)5-6-18-7-12/h4-7,13H2,1-3H3. The first-order valence-corrected chi connectivity index (χ1v) is 6.07. The number of nitrogen functional groups attached to an aromatic ring is 1. The van der Waals surface area contributed by atoms with Crippen LogP contribution in [0.5, 0.6) is 0 Å². The minimum absolute atomic E-state index is 0.197. The van der Waals surface area contributed by atoms with E-state index in [-0.39, 0.29) is 11.2 Å². The second-order valence-electron chi connectivity index (χ2n) is 4.74.